The summed E-state index contributed by atoms with van der Waals surface area (Å²) in [4.78, 5) is 27.7. The molecule has 0 radical (unpaired) electrons. The Morgan fingerprint density at radius 1 is 1.10 bits per heavy atom. The summed E-state index contributed by atoms with van der Waals surface area (Å²) in [5, 5.41) is 23.2. The van der Waals surface area contributed by atoms with Crippen molar-refractivity contribution in [2.75, 3.05) is 26.6 Å². The molecule has 0 aliphatic heterocycles. The lowest BCUT2D eigenvalue weighted by molar-refractivity contribution is -0.114. The van der Waals surface area contributed by atoms with Gasteiger partial charge in [0.25, 0.3) is 0 Å². The number of nitrogens with two attached hydrogens (primary N) is 1. The van der Waals surface area contributed by atoms with Crippen molar-refractivity contribution in [1.29, 1.82) is 0 Å². The van der Waals surface area contributed by atoms with Crippen molar-refractivity contribution in [3.63, 3.8) is 0 Å². The maximum atomic E-state index is 12.7. The number of phenols is 2. The van der Waals surface area contributed by atoms with Crippen LogP contribution < -0.4 is 20.5 Å². The van der Waals surface area contributed by atoms with Crippen LogP contribution in [0.4, 0.5) is 5.69 Å². The molecule has 212 valence electrons. The van der Waals surface area contributed by atoms with Gasteiger partial charge in [-0.25, -0.2) is 0 Å². The number of hydrogen-bond donors (Lipinski definition) is 4. The maximum Gasteiger partial charge on any atom is 0.192 e. The number of nitrogens with zero attached hydrogens (tertiary/aromatic N) is 1. The number of aryl methyl sites for hydroxylation is 1. The van der Waals surface area contributed by atoms with Gasteiger partial charge >= 0.3 is 0 Å². The zero-order valence-electron chi connectivity index (χ0n) is 23.3. The highest BCUT2D eigenvalue weighted by molar-refractivity contribution is 5.94. The van der Waals surface area contributed by atoms with Gasteiger partial charge < -0.3 is 35.5 Å². The second-order valence-corrected chi connectivity index (χ2v) is 9.48. The first-order valence-electron chi connectivity index (χ1n) is 13.1. The van der Waals surface area contributed by atoms with E-state index in [1.807, 2.05) is 6.08 Å². The van der Waals surface area contributed by atoms with E-state index >= 15 is 0 Å². The van der Waals surface area contributed by atoms with E-state index in [1.54, 1.807) is 43.5 Å². The first-order valence-corrected chi connectivity index (χ1v) is 13.1. The highest BCUT2D eigenvalue weighted by Crippen LogP contribution is 2.37. The van der Waals surface area contributed by atoms with Crippen LogP contribution in [0.5, 0.6) is 23.0 Å². The van der Waals surface area contributed by atoms with Crippen molar-refractivity contribution in [2.45, 2.75) is 51.9 Å². The summed E-state index contributed by atoms with van der Waals surface area (Å²) >= 11 is 0. The fraction of sp³-hybridized carbons (Fsp3) is 0.433. The summed E-state index contributed by atoms with van der Waals surface area (Å²) in [6.45, 7) is 2.07. The number of anilines is 1. The Bertz CT molecular complexity index is 1160. The van der Waals surface area contributed by atoms with Crippen molar-refractivity contribution in [1.82, 2.24) is 0 Å². The SMILES string of the molecule is CC[C@@H](CC=O)CC[C@H](C=CC(=O)CCc1ccc(O)c(OC)c1)Cc1cc(NC(N)=NC)c(O)c(OC)c1. The van der Waals surface area contributed by atoms with Crippen LogP contribution in [0.2, 0.25) is 0 Å². The Morgan fingerprint density at radius 2 is 1.82 bits per heavy atom. The number of aromatic hydroxyl groups is 2. The number of guanidine groups is 1. The largest absolute Gasteiger partial charge is 0.504 e. The number of hydrogen-bond acceptors (Lipinski definition) is 7. The van der Waals surface area contributed by atoms with Gasteiger partial charge in [0.15, 0.2) is 34.7 Å². The number of ketones is 1. The maximum absolute atomic E-state index is 12.7. The molecule has 0 aliphatic rings. The Kier molecular flexibility index (Phi) is 12.9. The van der Waals surface area contributed by atoms with Gasteiger partial charge in [0.05, 0.1) is 19.9 Å². The molecule has 0 heterocycles. The zero-order valence-corrected chi connectivity index (χ0v) is 23.3. The second-order valence-electron chi connectivity index (χ2n) is 9.48. The van der Waals surface area contributed by atoms with Gasteiger partial charge in [-0.3, -0.25) is 9.79 Å². The number of carbonyl (C=O) groups excluding carboxylic acids is 2. The molecule has 2 aromatic rings. The fourth-order valence-electron chi connectivity index (χ4n) is 4.34. The monoisotopic (exact) mass is 539 g/mol. The third-order valence-corrected chi connectivity index (χ3v) is 6.77. The van der Waals surface area contributed by atoms with Gasteiger partial charge in [-0.2, -0.15) is 0 Å². The molecule has 0 fully saturated rings. The number of ether oxygens (including phenoxy) is 2. The average Bonchev–Trinajstić information content (AvgIpc) is 2.94. The lowest BCUT2D eigenvalue weighted by Crippen LogP contribution is -2.22. The summed E-state index contributed by atoms with van der Waals surface area (Å²) < 4.78 is 10.5. The smallest absolute Gasteiger partial charge is 0.192 e. The summed E-state index contributed by atoms with van der Waals surface area (Å²) in [5.41, 5.74) is 7.97. The standard InChI is InChI=1S/C30H41N3O6/c1-5-20(14-15-34)6-7-21(8-11-24(35)12-9-22-10-13-26(36)27(18-22)38-3)16-23-17-25(33-30(31)32-2)29(37)28(19-23)39-4/h8,10-11,13,15,17-21,36-37H,5-7,9,12,14,16H2,1-4H3,(H3,31,32,33)/t20-,21-/m1/s1. The molecule has 2 atom stereocenters. The van der Waals surface area contributed by atoms with Crippen molar-refractivity contribution in [3.05, 3.63) is 53.6 Å². The quantitative estimate of drug-likeness (QED) is 0.0784. The number of nitrogens with one attached hydrogen (secondary N) is 1. The van der Waals surface area contributed by atoms with E-state index in [0.717, 1.165) is 36.7 Å². The van der Waals surface area contributed by atoms with Gasteiger partial charge in [0.2, 0.25) is 0 Å². The van der Waals surface area contributed by atoms with Crippen LogP contribution in [0.25, 0.3) is 0 Å². The van der Waals surface area contributed by atoms with Crippen LogP contribution in [0.15, 0.2) is 47.5 Å². The Hall–Kier alpha value is -4.01. The molecule has 0 unspecified atom stereocenters. The molecular formula is C30H41N3O6. The molecule has 5 N–H and O–H groups in total. The van der Waals surface area contributed by atoms with E-state index in [2.05, 4.69) is 17.2 Å². The van der Waals surface area contributed by atoms with E-state index in [9.17, 15) is 19.8 Å². The van der Waals surface area contributed by atoms with E-state index in [-0.39, 0.29) is 35.1 Å². The van der Waals surface area contributed by atoms with Crippen LogP contribution in [0, 0.1) is 11.8 Å². The number of methoxy groups -OCH3 is 2. The summed E-state index contributed by atoms with van der Waals surface area (Å²) in [7, 11) is 4.50. The number of aliphatic imine (C=N–C) groups is 1. The Labute approximate surface area is 230 Å². The number of aldehydes is 1. The second kappa shape index (κ2) is 16.1. The van der Waals surface area contributed by atoms with Crippen molar-refractivity contribution < 1.29 is 29.3 Å². The number of carbonyl (C=O) groups is 2. The molecule has 0 saturated heterocycles. The molecule has 39 heavy (non-hydrogen) atoms. The number of phenolic OH excluding ortho intramolecular Hbond substituents is 2. The molecule has 0 aliphatic carbocycles. The number of rotatable bonds is 16. The van der Waals surface area contributed by atoms with Gasteiger partial charge in [0.1, 0.15) is 6.29 Å². The van der Waals surface area contributed by atoms with Gasteiger partial charge in [-0.05, 0) is 79.0 Å². The molecule has 0 aromatic heterocycles. The fourth-order valence-corrected chi connectivity index (χ4v) is 4.34. The predicted octanol–water partition coefficient (Wildman–Crippen LogP) is 4.78. The lowest BCUT2D eigenvalue weighted by Gasteiger charge is -2.19. The third kappa shape index (κ3) is 10.00. The first kappa shape index (κ1) is 31.2. The van der Waals surface area contributed by atoms with E-state index in [4.69, 9.17) is 15.2 Å². The van der Waals surface area contributed by atoms with Crippen LogP contribution in [0.3, 0.4) is 0 Å². The summed E-state index contributed by atoms with van der Waals surface area (Å²) in [6, 6.07) is 8.62. The highest BCUT2D eigenvalue weighted by atomic mass is 16.5. The molecule has 0 bridgehead atoms. The average molecular weight is 540 g/mol. The molecule has 9 nitrogen and oxygen atoms in total. The van der Waals surface area contributed by atoms with Gasteiger partial charge in [-0.15, -0.1) is 0 Å². The van der Waals surface area contributed by atoms with Crippen molar-refractivity contribution >= 4 is 23.7 Å². The molecular weight excluding hydrogens is 498 g/mol. The normalized spacial score (nSPS) is 13.2. The number of benzene rings is 2. The molecule has 2 aromatic carbocycles. The minimum absolute atomic E-state index is 0.00968. The third-order valence-electron chi connectivity index (χ3n) is 6.77. The lowest BCUT2D eigenvalue weighted by atomic mass is 9.88. The Morgan fingerprint density at radius 3 is 2.46 bits per heavy atom. The van der Waals surface area contributed by atoms with Crippen molar-refractivity contribution in [2.24, 2.45) is 22.6 Å². The zero-order chi connectivity index (χ0) is 28.8. The number of allylic oxidation sites excluding steroid dienone is 2. The van der Waals surface area contributed by atoms with Gasteiger partial charge in [-0.1, -0.05) is 25.5 Å². The first-order chi connectivity index (χ1) is 18.7. The van der Waals surface area contributed by atoms with Crippen molar-refractivity contribution in [3.8, 4) is 23.0 Å². The molecule has 9 heteroatoms. The van der Waals surface area contributed by atoms with Crippen LogP contribution >= 0.6 is 0 Å². The van der Waals surface area contributed by atoms with Crippen LogP contribution in [-0.4, -0.2) is 49.5 Å². The highest BCUT2D eigenvalue weighted by Gasteiger charge is 2.16. The molecule has 0 saturated carbocycles. The van der Waals surface area contributed by atoms with E-state index < -0.39 is 0 Å². The van der Waals surface area contributed by atoms with E-state index in [0.29, 0.717) is 42.9 Å². The molecule has 0 spiro atoms. The summed E-state index contributed by atoms with van der Waals surface area (Å²) in [5.74, 6) is 1.11. The summed E-state index contributed by atoms with van der Waals surface area (Å²) in [6.07, 6.45) is 9.00. The molecule has 2 rings (SSSR count). The van der Waals surface area contributed by atoms with Crippen LogP contribution in [-0.2, 0) is 22.4 Å². The van der Waals surface area contributed by atoms with Gasteiger partial charge in [0, 0.05) is 19.9 Å². The minimum Gasteiger partial charge on any atom is -0.504 e. The topological polar surface area (TPSA) is 143 Å². The van der Waals surface area contributed by atoms with Crippen LogP contribution in [0.1, 0.15) is 50.2 Å². The van der Waals surface area contributed by atoms with E-state index in [1.165, 1.54) is 14.2 Å². The molecule has 0 amide bonds. The predicted molar refractivity (Wildman–Crippen MR) is 154 cm³/mol. The Balaban J connectivity index is 2.21. The minimum atomic E-state index is -0.0713.